The molecule has 1 aliphatic rings. The summed E-state index contributed by atoms with van der Waals surface area (Å²) in [4.78, 5) is 18.7. The number of aromatic nitrogens is 1. The zero-order valence-electron chi connectivity index (χ0n) is 13.8. The first-order chi connectivity index (χ1) is 11.6. The normalized spacial score (nSPS) is 19.3. The predicted octanol–water partition coefficient (Wildman–Crippen LogP) is 2.98. The number of carbonyl (C=O) groups is 1. The van der Waals surface area contributed by atoms with E-state index in [0.29, 0.717) is 18.1 Å². The van der Waals surface area contributed by atoms with Crippen molar-refractivity contribution in [3.63, 3.8) is 0 Å². The van der Waals surface area contributed by atoms with E-state index in [1.807, 2.05) is 42.6 Å². The molecule has 0 bridgehead atoms. The summed E-state index contributed by atoms with van der Waals surface area (Å²) >= 11 is 1.44. The summed E-state index contributed by atoms with van der Waals surface area (Å²) < 4.78 is 0. The molecule has 0 saturated carbocycles. The second-order valence-electron chi connectivity index (χ2n) is 6.27. The lowest BCUT2D eigenvalue weighted by Crippen LogP contribution is -2.37. The number of benzene rings is 1. The molecule has 6 heteroatoms. The molecule has 1 aliphatic heterocycles. The van der Waals surface area contributed by atoms with Crippen molar-refractivity contribution in [1.82, 2.24) is 9.88 Å². The summed E-state index contributed by atoms with van der Waals surface area (Å²) in [6.07, 6.45) is 2.26. The Balaban J connectivity index is 1.54. The Morgan fingerprint density at radius 3 is 2.96 bits per heavy atom. The van der Waals surface area contributed by atoms with Crippen LogP contribution >= 0.6 is 11.3 Å². The van der Waals surface area contributed by atoms with E-state index in [9.17, 15) is 9.90 Å². The van der Waals surface area contributed by atoms with Gasteiger partial charge in [-0.1, -0.05) is 30.3 Å². The van der Waals surface area contributed by atoms with Crippen molar-refractivity contribution in [2.45, 2.75) is 38.3 Å². The smallest absolute Gasteiger partial charge is 0.240 e. The van der Waals surface area contributed by atoms with E-state index >= 15 is 0 Å². The van der Waals surface area contributed by atoms with E-state index in [0.717, 1.165) is 30.6 Å². The second-order valence-corrected chi connectivity index (χ2v) is 7.13. The van der Waals surface area contributed by atoms with Crippen LogP contribution in [0, 0.1) is 6.92 Å². The number of amides is 1. The number of nitrogens with one attached hydrogen (secondary N) is 1. The molecular weight excluding hydrogens is 322 g/mol. The van der Waals surface area contributed by atoms with E-state index in [-0.39, 0.29) is 11.9 Å². The van der Waals surface area contributed by atoms with Crippen LogP contribution in [-0.2, 0) is 4.79 Å². The third kappa shape index (κ3) is 4.41. The van der Waals surface area contributed by atoms with Gasteiger partial charge in [-0.2, -0.15) is 0 Å². The van der Waals surface area contributed by atoms with Gasteiger partial charge < -0.3 is 10.4 Å². The van der Waals surface area contributed by atoms with Crippen molar-refractivity contribution in [1.29, 1.82) is 0 Å². The first-order valence-electron chi connectivity index (χ1n) is 8.31. The minimum atomic E-state index is -0.485. The van der Waals surface area contributed by atoms with Crippen LogP contribution in [0.2, 0.25) is 0 Å². The second kappa shape index (κ2) is 7.88. The minimum absolute atomic E-state index is 0.0366. The zero-order chi connectivity index (χ0) is 16.9. The number of aliphatic hydroxyl groups excluding tert-OH is 1. The van der Waals surface area contributed by atoms with Crippen LogP contribution in [0.25, 0.3) is 0 Å². The standard InChI is InChI=1S/C18H23N3O2S/c1-13-12-24-18(19-13)20-17(23)11-21-9-5-8-15(21)10-16(22)14-6-3-2-4-7-14/h2-4,6-7,12,15-16,22H,5,8-11H2,1H3,(H,19,20,23). The number of hydrogen-bond acceptors (Lipinski definition) is 5. The van der Waals surface area contributed by atoms with Crippen molar-refractivity contribution >= 4 is 22.4 Å². The number of thiazole rings is 1. The number of carbonyl (C=O) groups excluding carboxylic acids is 1. The average Bonchev–Trinajstić information content (AvgIpc) is 3.17. The third-order valence-corrected chi connectivity index (χ3v) is 5.27. The van der Waals surface area contributed by atoms with Gasteiger partial charge in [-0.25, -0.2) is 4.98 Å². The molecule has 128 valence electrons. The Morgan fingerprint density at radius 1 is 1.46 bits per heavy atom. The van der Waals surface area contributed by atoms with E-state index < -0.39 is 6.10 Å². The quantitative estimate of drug-likeness (QED) is 0.845. The molecule has 3 rings (SSSR count). The lowest BCUT2D eigenvalue weighted by molar-refractivity contribution is -0.117. The number of rotatable bonds is 6. The number of aliphatic hydroxyl groups is 1. The Labute approximate surface area is 146 Å². The maximum atomic E-state index is 12.2. The van der Waals surface area contributed by atoms with E-state index in [1.54, 1.807) is 0 Å². The molecule has 1 aromatic carbocycles. The van der Waals surface area contributed by atoms with Gasteiger partial charge in [-0.3, -0.25) is 9.69 Å². The maximum absolute atomic E-state index is 12.2. The minimum Gasteiger partial charge on any atom is -0.388 e. The van der Waals surface area contributed by atoms with Crippen LogP contribution in [0.15, 0.2) is 35.7 Å². The highest BCUT2D eigenvalue weighted by Crippen LogP contribution is 2.27. The molecule has 1 aromatic heterocycles. The van der Waals surface area contributed by atoms with Gasteiger partial charge in [0.2, 0.25) is 5.91 Å². The average molecular weight is 345 g/mol. The summed E-state index contributed by atoms with van der Waals surface area (Å²) in [7, 11) is 0. The molecule has 2 unspecified atom stereocenters. The van der Waals surface area contributed by atoms with Crippen LogP contribution in [0.5, 0.6) is 0 Å². The highest BCUT2D eigenvalue weighted by atomic mass is 32.1. The van der Waals surface area contributed by atoms with E-state index in [1.165, 1.54) is 11.3 Å². The molecule has 24 heavy (non-hydrogen) atoms. The Hall–Kier alpha value is -1.76. The fourth-order valence-corrected chi connectivity index (χ4v) is 3.90. The SMILES string of the molecule is Cc1csc(NC(=O)CN2CCCC2CC(O)c2ccccc2)n1. The van der Waals surface area contributed by atoms with Crippen LogP contribution in [-0.4, -0.2) is 40.0 Å². The molecule has 5 nitrogen and oxygen atoms in total. The van der Waals surface area contributed by atoms with Crippen molar-refractivity contribution < 1.29 is 9.90 Å². The zero-order valence-corrected chi connectivity index (χ0v) is 14.6. The first kappa shape index (κ1) is 17.1. The molecular formula is C18H23N3O2S. The molecule has 1 saturated heterocycles. The molecule has 2 aromatic rings. The Kier molecular flexibility index (Phi) is 5.60. The Bertz CT molecular complexity index is 674. The fraction of sp³-hybridized carbons (Fsp3) is 0.444. The summed E-state index contributed by atoms with van der Waals surface area (Å²) in [5.41, 5.74) is 1.85. The predicted molar refractivity (Wildman–Crippen MR) is 96.1 cm³/mol. The number of aryl methyl sites for hydroxylation is 1. The van der Waals surface area contributed by atoms with E-state index in [2.05, 4.69) is 15.2 Å². The molecule has 2 heterocycles. The van der Waals surface area contributed by atoms with Crippen molar-refractivity contribution in [3.8, 4) is 0 Å². The largest absolute Gasteiger partial charge is 0.388 e. The lowest BCUT2D eigenvalue weighted by atomic mass is 10.0. The van der Waals surface area contributed by atoms with Gasteiger partial charge in [0.25, 0.3) is 0 Å². The van der Waals surface area contributed by atoms with Gasteiger partial charge in [-0.05, 0) is 38.3 Å². The van der Waals surface area contributed by atoms with Crippen molar-refractivity contribution in [2.75, 3.05) is 18.4 Å². The van der Waals surface area contributed by atoms with Gasteiger partial charge in [0.05, 0.1) is 18.3 Å². The molecule has 0 spiro atoms. The van der Waals surface area contributed by atoms with Crippen LogP contribution in [0.4, 0.5) is 5.13 Å². The molecule has 1 amide bonds. The van der Waals surface area contributed by atoms with Gasteiger partial charge in [0.15, 0.2) is 5.13 Å². The molecule has 0 aliphatic carbocycles. The topological polar surface area (TPSA) is 65.5 Å². The lowest BCUT2D eigenvalue weighted by Gasteiger charge is -2.25. The van der Waals surface area contributed by atoms with Crippen molar-refractivity contribution in [2.24, 2.45) is 0 Å². The van der Waals surface area contributed by atoms with Gasteiger partial charge in [0, 0.05) is 11.4 Å². The first-order valence-corrected chi connectivity index (χ1v) is 9.19. The van der Waals surface area contributed by atoms with Crippen LogP contribution in [0.1, 0.15) is 36.6 Å². The van der Waals surface area contributed by atoms with Crippen molar-refractivity contribution in [3.05, 3.63) is 47.0 Å². The van der Waals surface area contributed by atoms with Crippen LogP contribution < -0.4 is 5.32 Å². The molecule has 1 fully saturated rings. The number of likely N-dealkylation sites (tertiary alicyclic amines) is 1. The maximum Gasteiger partial charge on any atom is 0.240 e. The summed E-state index contributed by atoms with van der Waals surface area (Å²) in [6.45, 7) is 3.16. The van der Waals surface area contributed by atoms with Gasteiger partial charge in [0.1, 0.15) is 0 Å². The fourth-order valence-electron chi connectivity index (χ4n) is 3.19. The summed E-state index contributed by atoms with van der Waals surface area (Å²) in [5, 5.41) is 15.9. The van der Waals surface area contributed by atoms with Crippen LogP contribution in [0.3, 0.4) is 0 Å². The highest BCUT2D eigenvalue weighted by molar-refractivity contribution is 7.13. The monoisotopic (exact) mass is 345 g/mol. The number of nitrogens with zero attached hydrogens (tertiary/aromatic N) is 2. The van der Waals surface area contributed by atoms with Gasteiger partial charge in [-0.15, -0.1) is 11.3 Å². The highest BCUT2D eigenvalue weighted by Gasteiger charge is 2.28. The summed E-state index contributed by atoms with van der Waals surface area (Å²) in [6, 6.07) is 9.96. The molecule has 0 radical (unpaired) electrons. The summed E-state index contributed by atoms with van der Waals surface area (Å²) in [5.74, 6) is -0.0366. The Morgan fingerprint density at radius 2 is 2.25 bits per heavy atom. The number of anilines is 1. The van der Waals surface area contributed by atoms with Gasteiger partial charge >= 0.3 is 0 Å². The number of hydrogen-bond donors (Lipinski definition) is 2. The van der Waals surface area contributed by atoms with E-state index in [4.69, 9.17) is 0 Å². The molecule has 2 N–H and O–H groups in total. The molecule has 2 atom stereocenters. The third-order valence-electron chi connectivity index (χ3n) is 4.39.